The summed E-state index contributed by atoms with van der Waals surface area (Å²) < 4.78 is 0. The maximum absolute atomic E-state index is 4.93. The summed E-state index contributed by atoms with van der Waals surface area (Å²) in [5.41, 5.74) is 11.4. The molecule has 0 aliphatic carbocycles. The van der Waals surface area contributed by atoms with Gasteiger partial charge in [-0.3, -0.25) is 0 Å². The van der Waals surface area contributed by atoms with Crippen LogP contribution in [0.1, 0.15) is 16.7 Å². The lowest BCUT2D eigenvalue weighted by Gasteiger charge is -2.37. The lowest BCUT2D eigenvalue weighted by molar-refractivity contribution is 0.580. The fraction of sp³-hybridized carbons (Fsp3) is 0.0200. The van der Waals surface area contributed by atoms with Gasteiger partial charge in [0, 0.05) is 22.4 Å². The van der Waals surface area contributed by atoms with Gasteiger partial charge in [-0.2, -0.15) is 0 Å². The molecule has 1 aromatic heterocycles. The topological polar surface area (TPSA) is 50.7 Å². The van der Waals surface area contributed by atoms with Crippen molar-refractivity contribution in [2.75, 3.05) is 0 Å². The van der Waals surface area contributed by atoms with Gasteiger partial charge in [0.15, 0.2) is 17.5 Å². The second kappa shape index (κ2) is 14.5. The van der Waals surface area contributed by atoms with Gasteiger partial charge in [0.25, 0.3) is 0 Å². The van der Waals surface area contributed by atoms with E-state index in [-0.39, 0.29) is 0 Å². The number of hydrogen-bond acceptors (Lipinski definition) is 4. The first-order chi connectivity index (χ1) is 26.7. The summed E-state index contributed by atoms with van der Waals surface area (Å²) in [5, 5.41) is 3.97. The van der Waals surface area contributed by atoms with Crippen LogP contribution >= 0.6 is 0 Å². The Morgan fingerprint density at radius 3 is 1.30 bits per heavy atom. The van der Waals surface area contributed by atoms with Crippen molar-refractivity contribution in [3.05, 3.63) is 229 Å². The van der Waals surface area contributed by atoms with Crippen LogP contribution in [-0.2, 0) is 5.54 Å². The molecular weight excluding hydrogens is 657 g/mol. The molecule has 1 N–H and O–H groups in total. The first-order valence-corrected chi connectivity index (χ1v) is 18.2. The Balaban J connectivity index is 1.09. The van der Waals surface area contributed by atoms with E-state index in [2.05, 4.69) is 157 Å². The zero-order valence-electron chi connectivity index (χ0n) is 29.5. The van der Waals surface area contributed by atoms with Crippen molar-refractivity contribution >= 4 is 5.70 Å². The van der Waals surface area contributed by atoms with Gasteiger partial charge in [-0.1, -0.05) is 200 Å². The minimum Gasteiger partial charge on any atom is -0.368 e. The van der Waals surface area contributed by atoms with Crippen molar-refractivity contribution in [2.24, 2.45) is 0 Å². The van der Waals surface area contributed by atoms with Crippen molar-refractivity contribution in [1.29, 1.82) is 0 Å². The molecule has 2 heterocycles. The highest BCUT2D eigenvalue weighted by Gasteiger charge is 2.34. The Morgan fingerprint density at radius 2 is 0.741 bits per heavy atom. The average Bonchev–Trinajstić information content (AvgIpc) is 3.27. The van der Waals surface area contributed by atoms with Crippen LogP contribution in [0.2, 0.25) is 0 Å². The molecule has 0 fully saturated rings. The molecule has 0 bridgehead atoms. The van der Waals surface area contributed by atoms with Crippen LogP contribution < -0.4 is 5.32 Å². The third kappa shape index (κ3) is 6.53. The normalized spacial score (nSPS) is 14.9. The molecule has 0 saturated carbocycles. The Labute approximate surface area is 315 Å². The summed E-state index contributed by atoms with van der Waals surface area (Å²) in [6.07, 6.45) is 6.60. The van der Waals surface area contributed by atoms with Crippen LogP contribution in [-0.4, -0.2) is 15.0 Å². The van der Waals surface area contributed by atoms with Crippen LogP contribution in [0.25, 0.3) is 62.1 Å². The third-order valence-electron chi connectivity index (χ3n) is 9.97. The number of rotatable bonds is 8. The molecule has 9 rings (SSSR count). The second-order valence-corrected chi connectivity index (χ2v) is 13.4. The van der Waals surface area contributed by atoms with Gasteiger partial charge in [-0.25, -0.2) is 15.0 Å². The number of dihydropyridines is 1. The molecule has 0 amide bonds. The van der Waals surface area contributed by atoms with Gasteiger partial charge in [0.2, 0.25) is 0 Å². The molecule has 8 aromatic rings. The molecule has 0 saturated heterocycles. The van der Waals surface area contributed by atoms with E-state index >= 15 is 0 Å². The van der Waals surface area contributed by atoms with Gasteiger partial charge >= 0.3 is 0 Å². The lowest BCUT2D eigenvalue weighted by Crippen LogP contribution is -2.42. The van der Waals surface area contributed by atoms with Gasteiger partial charge in [0.1, 0.15) is 5.54 Å². The molecule has 7 aromatic carbocycles. The zero-order chi connectivity index (χ0) is 36.2. The zero-order valence-corrected chi connectivity index (χ0v) is 29.5. The summed E-state index contributed by atoms with van der Waals surface area (Å²) in [7, 11) is 0. The molecular formula is C50H36N4. The molecule has 1 aliphatic heterocycles. The maximum Gasteiger partial charge on any atom is 0.164 e. The van der Waals surface area contributed by atoms with E-state index in [9.17, 15) is 0 Å². The SMILES string of the molecule is C1=CC(c2ccc(-c3ccccc3)cc2)(c2cccc(-c3ccc(-c4nc(-c5ccccc5)nc(-c5ccccc5)n4)cc3)c2)NC(c2ccccc2)=C1. The van der Waals surface area contributed by atoms with E-state index in [1.54, 1.807) is 0 Å². The number of allylic oxidation sites excluding steroid dienone is 2. The Kier molecular flexibility index (Phi) is 8.76. The van der Waals surface area contributed by atoms with E-state index in [1.807, 2.05) is 60.7 Å². The quantitative estimate of drug-likeness (QED) is 0.172. The van der Waals surface area contributed by atoms with Crippen molar-refractivity contribution in [1.82, 2.24) is 20.3 Å². The largest absolute Gasteiger partial charge is 0.368 e. The van der Waals surface area contributed by atoms with Crippen molar-refractivity contribution < 1.29 is 0 Å². The van der Waals surface area contributed by atoms with E-state index in [0.29, 0.717) is 17.5 Å². The predicted molar refractivity (Wildman–Crippen MR) is 221 cm³/mol. The maximum atomic E-state index is 4.93. The lowest BCUT2D eigenvalue weighted by atomic mass is 9.79. The number of nitrogens with one attached hydrogen (secondary N) is 1. The summed E-state index contributed by atoms with van der Waals surface area (Å²) in [6, 6.07) is 67.5. The standard InChI is InChI=1S/C50H36N4/c1-5-15-36(16-6-1)37-30-32-44(33-31-37)50(34-14-25-46(54-50)39-17-7-2-8-18-39)45-24-13-23-43(35-45)38-26-28-42(29-27-38)49-52-47(40-19-9-3-10-20-40)51-48(53-49)41-21-11-4-12-22-41/h1-35,54H. The van der Waals surface area contributed by atoms with Crippen molar-refractivity contribution in [2.45, 2.75) is 5.54 Å². The van der Waals surface area contributed by atoms with E-state index < -0.39 is 5.54 Å². The summed E-state index contributed by atoms with van der Waals surface area (Å²) in [5.74, 6) is 1.93. The van der Waals surface area contributed by atoms with E-state index in [1.165, 1.54) is 11.1 Å². The molecule has 0 radical (unpaired) electrons. The molecule has 4 nitrogen and oxygen atoms in total. The predicted octanol–water partition coefficient (Wildman–Crippen LogP) is 11.7. The summed E-state index contributed by atoms with van der Waals surface area (Å²) in [6.45, 7) is 0. The minimum atomic E-state index is -0.600. The van der Waals surface area contributed by atoms with Crippen LogP contribution in [0, 0.1) is 0 Å². The van der Waals surface area contributed by atoms with E-state index in [0.717, 1.165) is 50.2 Å². The second-order valence-electron chi connectivity index (χ2n) is 13.4. The highest BCUT2D eigenvalue weighted by Crippen LogP contribution is 2.39. The van der Waals surface area contributed by atoms with Crippen LogP contribution in [0.15, 0.2) is 212 Å². The summed E-state index contributed by atoms with van der Waals surface area (Å²) >= 11 is 0. The van der Waals surface area contributed by atoms with Gasteiger partial charge in [-0.15, -0.1) is 0 Å². The van der Waals surface area contributed by atoms with Gasteiger partial charge in [0.05, 0.1) is 0 Å². The number of benzene rings is 7. The number of nitrogens with zero attached hydrogens (tertiary/aromatic N) is 3. The van der Waals surface area contributed by atoms with Gasteiger partial charge in [-0.05, 0) is 51.1 Å². The Morgan fingerprint density at radius 1 is 0.333 bits per heavy atom. The van der Waals surface area contributed by atoms with Crippen molar-refractivity contribution in [3.8, 4) is 56.4 Å². The Bertz CT molecular complexity index is 2520. The smallest absolute Gasteiger partial charge is 0.164 e. The average molecular weight is 693 g/mol. The summed E-state index contributed by atoms with van der Waals surface area (Å²) in [4.78, 5) is 14.7. The first-order valence-electron chi connectivity index (χ1n) is 18.2. The molecule has 4 heteroatoms. The van der Waals surface area contributed by atoms with Crippen LogP contribution in [0.4, 0.5) is 0 Å². The molecule has 54 heavy (non-hydrogen) atoms. The Hall–Kier alpha value is -7.17. The van der Waals surface area contributed by atoms with Gasteiger partial charge < -0.3 is 5.32 Å². The third-order valence-corrected chi connectivity index (χ3v) is 9.97. The fourth-order valence-electron chi connectivity index (χ4n) is 7.12. The fourth-order valence-corrected chi connectivity index (χ4v) is 7.12. The number of hydrogen-bond donors (Lipinski definition) is 1. The molecule has 1 aliphatic rings. The highest BCUT2D eigenvalue weighted by atomic mass is 15.0. The molecule has 0 spiro atoms. The van der Waals surface area contributed by atoms with Crippen LogP contribution in [0.5, 0.6) is 0 Å². The highest BCUT2D eigenvalue weighted by molar-refractivity contribution is 5.74. The monoisotopic (exact) mass is 692 g/mol. The molecule has 256 valence electrons. The number of aromatic nitrogens is 3. The first kappa shape index (κ1) is 32.7. The molecule has 1 atom stereocenters. The van der Waals surface area contributed by atoms with E-state index in [4.69, 9.17) is 15.0 Å². The van der Waals surface area contributed by atoms with Crippen LogP contribution in [0.3, 0.4) is 0 Å². The minimum absolute atomic E-state index is 0.600. The van der Waals surface area contributed by atoms with Crippen molar-refractivity contribution in [3.63, 3.8) is 0 Å². The molecule has 1 unspecified atom stereocenters.